The third-order valence-electron chi connectivity index (χ3n) is 3.23. The Balaban J connectivity index is 2.49. The van der Waals surface area contributed by atoms with Gasteiger partial charge in [0.1, 0.15) is 5.75 Å². The number of carbonyl (C=O) groups is 1. The zero-order valence-corrected chi connectivity index (χ0v) is 14.8. The van der Waals surface area contributed by atoms with Gasteiger partial charge in [-0.25, -0.2) is 13.1 Å². The highest BCUT2D eigenvalue weighted by Gasteiger charge is 2.28. The molecule has 1 N–H and O–H groups in total. The maximum Gasteiger partial charge on any atom is 0.390 e. The molecule has 0 unspecified atom stereocenters. The van der Waals surface area contributed by atoms with Gasteiger partial charge in [0.05, 0.1) is 17.9 Å². The summed E-state index contributed by atoms with van der Waals surface area (Å²) in [5.41, 5.74) is 0. The molecule has 0 aromatic heterocycles. The number of alkyl halides is 3. The maximum absolute atomic E-state index is 12.1. The van der Waals surface area contributed by atoms with E-state index in [1.54, 1.807) is 6.92 Å². The summed E-state index contributed by atoms with van der Waals surface area (Å²) in [5.74, 6) is -0.0402. The molecule has 0 aliphatic rings. The number of benzene rings is 1. The standard InChI is InChI=1S/C15H21F3N2O4S/c1-3-24-12-4-6-13(7-5-12)25(22,23)19-10-8-14(21)20(2)11-9-15(16,17)18/h4-7,19H,3,8-11H2,1-2H3. The lowest BCUT2D eigenvalue weighted by Gasteiger charge is -2.18. The Morgan fingerprint density at radius 3 is 2.36 bits per heavy atom. The van der Waals surface area contributed by atoms with Gasteiger partial charge in [-0.2, -0.15) is 13.2 Å². The number of nitrogens with one attached hydrogen (secondary N) is 1. The van der Waals surface area contributed by atoms with Crippen LogP contribution in [0.2, 0.25) is 0 Å². The third-order valence-corrected chi connectivity index (χ3v) is 4.71. The lowest BCUT2D eigenvalue weighted by atomic mass is 10.3. The lowest BCUT2D eigenvalue weighted by Crippen LogP contribution is -2.34. The first-order valence-electron chi connectivity index (χ1n) is 7.58. The Labute approximate surface area is 145 Å². The van der Waals surface area contributed by atoms with Crippen molar-refractivity contribution in [2.45, 2.75) is 30.8 Å². The monoisotopic (exact) mass is 382 g/mol. The van der Waals surface area contributed by atoms with E-state index in [0.717, 1.165) is 4.90 Å². The first-order valence-corrected chi connectivity index (χ1v) is 9.06. The molecule has 25 heavy (non-hydrogen) atoms. The van der Waals surface area contributed by atoms with Crippen LogP contribution in [0, 0.1) is 0 Å². The van der Waals surface area contributed by atoms with Gasteiger partial charge in [0.2, 0.25) is 15.9 Å². The van der Waals surface area contributed by atoms with Gasteiger partial charge in [0.25, 0.3) is 0 Å². The van der Waals surface area contributed by atoms with Crippen LogP contribution in [-0.2, 0) is 14.8 Å². The van der Waals surface area contributed by atoms with Crippen LogP contribution in [-0.4, -0.2) is 52.1 Å². The number of rotatable bonds is 9. The molecule has 10 heteroatoms. The average molecular weight is 382 g/mol. The number of ether oxygens (including phenoxy) is 1. The third kappa shape index (κ3) is 7.74. The van der Waals surface area contributed by atoms with Crippen molar-refractivity contribution < 1.29 is 31.1 Å². The van der Waals surface area contributed by atoms with E-state index in [9.17, 15) is 26.4 Å². The minimum atomic E-state index is -4.34. The molecule has 0 saturated heterocycles. The van der Waals surface area contributed by atoms with E-state index in [2.05, 4.69) is 4.72 Å². The fourth-order valence-electron chi connectivity index (χ4n) is 1.87. The molecule has 0 radical (unpaired) electrons. The number of halogens is 3. The van der Waals surface area contributed by atoms with Crippen LogP contribution in [0.1, 0.15) is 19.8 Å². The molecule has 1 aromatic rings. The summed E-state index contributed by atoms with van der Waals surface area (Å²) >= 11 is 0. The first kappa shape index (κ1) is 21.2. The van der Waals surface area contributed by atoms with Crippen molar-refractivity contribution in [3.63, 3.8) is 0 Å². The largest absolute Gasteiger partial charge is 0.494 e. The number of hydrogen-bond acceptors (Lipinski definition) is 4. The maximum atomic E-state index is 12.1. The highest BCUT2D eigenvalue weighted by Crippen LogP contribution is 2.19. The number of amides is 1. The second kappa shape index (κ2) is 9.04. The molecule has 0 heterocycles. The Morgan fingerprint density at radius 1 is 1.24 bits per heavy atom. The van der Waals surface area contributed by atoms with Crippen LogP contribution in [0.25, 0.3) is 0 Å². The smallest absolute Gasteiger partial charge is 0.390 e. The Bertz CT molecular complexity index is 660. The minimum absolute atomic E-state index is 0.00817. The molecule has 1 rings (SSSR count). The van der Waals surface area contributed by atoms with E-state index in [0.29, 0.717) is 12.4 Å². The molecule has 0 saturated carbocycles. The molecular weight excluding hydrogens is 361 g/mol. The number of carbonyl (C=O) groups excluding carboxylic acids is 1. The predicted molar refractivity (Wildman–Crippen MR) is 85.7 cm³/mol. The molecular formula is C15H21F3N2O4S. The van der Waals surface area contributed by atoms with E-state index in [1.807, 2.05) is 0 Å². The molecule has 0 aliphatic carbocycles. The Kier molecular flexibility index (Phi) is 7.68. The van der Waals surface area contributed by atoms with E-state index in [4.69, 9.17) is 4.74 Å². The van der Waals surface area contributed by atoms with Gasteiger partial charge in [-0.3, -0.25) is 4.79 Å². The highest BCUT2D eigenvalue weighted by atomic mass is 32.2. The van der Waals surface area contributed by atoms with Gasteiger partial charge in [0.15, 0.2) is 0 Å². The van der Waals surface area contributed by atoms with E-state index >= 15 is 0 Å². The summed E-state index contributed by atoms with van der Waals surface area (Å²) in [4.78, 5) is 12.6. The SMILES string of the molecule is CCOc1ccc(S(=O)(=O)NCCC(=O)N(C)CCC(F)(F)F)cc1. The normalized spacial score (nSPS) is 12.0. The predicted octanol–water partition coefficient (Wildman–Crippen LogP) is 2.16. The van der Waals surface area contributed by atoms with Crippen molar-refractivity contribution in [3.05, 3.63) is 24.3 Å². The van der Waals surface area contributed by atoms with Crippen molar-refractivity contribution in [3.8, 4) is 5.75 Å². The number of sulfonamides is 1. The molecule has 142 valence electrons. The van der Waals surface area contributed by atoms with E-state index < -0.39 is 35.1 Å². The van der Waals surface area contributed by atoms with Gasteiger partial charge in [-0.05, 0) is 31.2 Å². The van der Waals surface area contributed by atoms with Crippen molar-refractivity contribution in [1.82, 2.24) is 9.62 Å². The van der Waals surface area contributed by atoms with Gasteiger partial charge < -0.3 is 9.64 Å². The Morgan fingerprint density at radius 2 is 1.84 bits per heavy atom. The van der Waals surface area contributed by atoms with Gasteiger partial charge >= 0.3 is 6.18 Å². The van der Waals surface area contributed by atoms with Crippen molar-refractivity contribution in [1.29, 1.82) is 0 Å². The lowest BCUT2D eigenvalue weighted by molar-refractivity contribution is -0.143. The summed E-state index contributed by atoms with van der Waals surface area (Å²) < 4.78 is 68.0. The molecule has 0 bridgehead atoms. The fourth-order valence-corrected chi connectivity index (χ4v) is 2.90. The van der Waals surface area contributed by atoms with Crippen LogP contribution < -0.4 is 9.46 Å². The molecule has 1 amide bonds. The summed E-state index contributed by atoms with van der Waals surface area (Å²) in [6, 6.07) is 5.75. The van der Waals surface area contributed by atoms with Crippen molar-refractivity contribution in [2.75, 3.05) is 26.7 Å². The highest BCUT2D eigenvalue weighted by molar-refractivity contribution is 7.89. The molecule has 0 spiro atoms. The minimum Gasteiger partial charge on any atom is -0.494 e. The topological polar surface area (TPSA) is 75.7 Å². The average Bonchev–Trinajstić information content (AvgIpc) is 2.52. The second-order valence-electron chi connectivity index (χ2n) is 5.23. The summed E-state index contributed by atoms with van der Waals surface area (Å²) in [6.07, 6.45) is -5.68. The van der Waals surface area contributed by atoms with Crippen LogP contribution >= 0.6 is 0 Å². The fraction of sp³-hybridized carbons (Fsp3) is 0.533. The van der Waals surface area contributed by atoms with Crippen molar-refractivity contribution in [2.24, 2.45) is 0 Å². The number of hydrogen-bond donors (Lipinski definition) is 1. The van der Waals surface area contributed by atoms with Crippen LogP contribution in [0.15, 0.2) is 29.2 Å². The van der Waals surface area contributed by atoms with Crippen molar-refractivity contribution >= 4 is 15.9 Å². The Hall–Kier alpha value is -1.81. The zero-order valence-electron chi connectivity index (χ0n) is 14.0. The molecule has 0 atom stereocenters. The van der Waals surface area contributed by atoms with Crippen LogP contribution in [0.4, 0.5) is 13.2 Å². The second-order valence-corrected chi connectivity index (χ2v) is 7.00. The van der Waals surface area contributed by atoms with E-state index in [1.165, 1.54) is 31.3 Å². The van der Waals surface area contributed by atoms with Gasteiger partial charge in [-0.1, -0.05) is 0 Å². The first-order chi connectivity index (χ1) is 11.5. The number of nitrogens with zero attached hydrogens (tertiary/aromatic N) is 1. The summed E-state index contributed by atoms with van der Waals surface area (Å²) in [7, 11) is -2.56. The van der Waals surface area contributed by atoms with Crippen LogP contribution in [0.5, 0.6) is 5.75 Å². The summed E-state index contributed by atoms with van der Waals surface area (Å²) in [5, 5.41) is 0. The molecule has 6 nitrogen and oxygen atoms in total. The molecule has 1 aromatic carbocycles. The molecule has 0 aliphatic heterocycles. The van der Waals surface area contributed by atoms with Gasteiger partial charge in [-0.15, -0.1) is 0 Å². The summed E-state index contributed by atoms with van der Waals surface area (Å²) in [6.45, 7) is 1.59. The zero-order chi connectivity index (χ0) is 19.1. The van der Waals surface area contributed by atoms with Gasteiger partial charge in [0, 0.05) is 26.6 Å². The van der Waals surface area contributed by atoms with Crippen LogP contribution in [0.3, 0.4) is 0 Å². The molecule has 0 fully saturated rings. The quantitative estimate of drug-likeness (QED) is 0.710. The van der Waals surface area contributed by atoms with E-state index in [-0.39, 0.29) is 17.9 Å².